The first-order valence-corrected chi connectivity index (χ1v) is 7.23. The number of alkyl halides is 3. The van der Waals surface area contributed by atoms with Crippen molar-refractivity contribution in [3.8, 4) is 0 Å². The molecule has 0 bridgehead atoms. The summed E-state index contributed by atoms with van der Waals surface area (Å²) in [5.74, 6) is 0. The molecule has 0 atom stereocenters. The van der Waals surface area contributed by atoms with Gasteiger partial charge in [0, 0.05) is 12.1 Å². The van der Waals surface area contributed by atoms with E-state index in [1.165, 1.54) is 11.9 Å². The molecule has 7 heteroatoms. The molecule has 1 amide bonds. The smallest absolute Gasteiger partial charge is 0.407 e. The minimum atomic E-state index is -4.17. The lowest BCUT2D eigenvalue weighted by atomic mass is 9.90. The van der Waals surface area contributed by atoms with Crippen LogP contribution in [0.5, 0.6) is 0 Å². The van der Waals surface area contributed by atoms with Crippen molar-refractivity contribution in [1.82, 2.24) is 10.2 Å². The number of nitrogens with one attached hydrogen (secondary N) is 1. The fourth-order valence-electron chi connectivity index (χ4n) is 2.55. The summed E-state index contributed by atoms with van der Waals surface area (Å²) in [6.45, 7) is 4.47. The Morgan fingerprint density at radius 2 is 1.71 bits per heavy atom. The second kappa shape index (κ2) is 6.85. The van der Waals surface area contributed by atoms with Gasteiger partial charge in [-0.15, -0.1) is 0 Å². The van der Waals surface area contributed by atoms with E-state index < -0.39 is 24.4 Å². The van der Waals surface area contributed by atoms with Gasteiger partial charge in [-0.25, -0.2) is 4.79 Å². The number of carbonyl (C=O) groups excluding carboxylic acids is 1. The molecule has 1 aliphatic carbocycles. The molecule has 4 nitrogen and oxygen atoms in total. The van der Waals surface area contributed by atoms with E-state index in [1.807, 2.05) is 0 Å². The summed E-state index contributed by atoms with van der Waals surface area (Å²) in [4.78, 5) is 13.0. The van der Waals surface area contributed by atoms with Gasteiger partial charge in [0.2, 0.25) is 0 Å². The zero-order chi connectivity index (χ0) is 16.3. The van der Waals surface area contributed by atoms with Gasteiger partial charge in [0.25, 0.3) is 0 Å². The average molecular weight is 310 g/mol. The Balaban J connectivity index is 2.34. The Morgan fingerprint density at radius 3 is 2.14 bits per heavy atom. The first-order chi connectivity index (χ1) is 9.46. The minimum Gasteiger partial charge on any atom is -0.444 e. The molecular formula is C14H25F3N2O2. The van der Waals surface area contributed by atoms with Gasteiger partial charge in [-0.1, -0.05) is 0 Å². The maximum absolute atomic E-state index is 12.4. The van der Waals surface area contributed by atoms with Gasteiger partial charge < -0.3 is 10.1 Å². The number of hydrogen-bond acceptors (Lipinski definition) is 3. The van der Waals surface area contributed by atoms with Crippen molar-refractivity contribution in [2.75, 3.05) is 13.6 Å². The maximum Gasteiger partial charge on any atom is 0.407 e. The minimum absolute atomic E-state index is 0.0182. The quantitative estimate of drug-likeness (QED) is 0.869. The van der Waals surface area contributed by atoms with Crippen molar-refractivity contribution >= 4 is 6.09 Å². The lowest BCUT2D eigenvalue weighted by molar-refractivity contribution is -0.148. The molecule has 0 aliphatic heterocycles. The van der Waals surface area contributed by atoms with Crippen LogP contribution in [0, 0.1) is 0 Å². The molecule has 1 aliphatic rings. The zero-order valence-corrected chi connectivity index (χ0v) is 13.1. The Hall–Kier alpha value is -0.980. The van der Waals surface area contributed by atoms with Crippen LogP contribution in [0.15, 0.2) is 0 Å². The summed E-state index contributed by atoms with van der Waals surface area (Å²) in [6, 6.07) is -0.0984. The van der Waals surface area contributed by atoms with Crippen LogP contribution in [-0.2, 0) is 4.74 Å². The number of hydrogen-bond donors (Lipinski definition) is 1. The number of halogens is 3. The van der Waals surface area contributed by atoms with Crippen LogP contribution in [0.4, 0.5) is 18.0 Å². The van der Waals surface area contributed by atoms with Crippen molar-refractivity contribution in [3.63, 3.8) is 0 Å². The monoisotopic (exact) mass is 310 g/mol. The molecular weight excluding hydrogens is 285 g/mol. The molecule has 0 heterocycles. The summed E-state index contributed by atoms with van der Waals surface area (Å²) in [5.41, 5.74) is -0.547. The summed E-state index contributed by atoms with van der Waals surface area (Å²) < 4.78 is 42.2. The van der Waals surface area contributed by atoms with E-state index in [9.17, 15) is 18.0 Å². The molecule has 0 aromatic heterocycles. The van der Waals surface area contributed by atoms with Crippen molar-refractivity contribution in [1.29, 1.82) is 0 Å². The predicted octanol–water partition coefficient (Wildman–Crippen LogP) is 3.32. The van der Waals surface area contributed by atoms with Gasteiger partial charge in [-0.05, 0) is 53.5 Å². The van der Waals surface area contributed by atoms with Crippen LogP contribution in [-0.4, -0.2) is 48.4 Å². The first-order valence-electron chi connectivity index (χ1n) is 7.23. The topological polar surface area (TPSA) is 41.6 Å². The van der Waals surface area contributed by atoms with E-state index in [-0.39, 0.29) is 12.1 Å². The largest absolute Gasteiger partial charge is 0.444 e. The Labute approximate surface area is 124 Å². The van der Waals surface area contributed by atoms with Gasteiger partial charge in [-0.2, -0.15) is 13.2 Å². The standard InChI is InChI=1S/C14H25F3N2O2/c1-13(2,3)21-12(20)18-10-5-7-11(8-6-10)19(4)9-14(15,16)17/h10-11H,5-9H2,1-4H3,(H,18,20). The average Bonchev–Trinajstić information content (AvgIpc) is 2.24. The summed E-state index contributed by atoms with van der Waals surface area (Å²) >= 11 is 0. The summed E-state index contributed by atoms with van der Waals surface area (Å²) in [6.07, 6.45) is -1.99. The highest BCUT2D eigenvalue weighted by Gasteiger charge is 2.33. The third kappa shape index (κ3) is 7.55. The van der Waals surface area contributed by atoms with Crippen LogP contribution in [0.25, 0.3) is 0 Å². The van der Waals surface area contributed by atoms with Crippen molar-refractivity contribution in [2.45, 2.75) is 70.3 Å². The highest BCUT2D eigenvalue weighted by Crippen LogP contribution is 2.25. The summed E-state index contributed by atoms with van der Waals surface area (Å²) in [5, 5.41) is 2.78. The van der Waals surface area contributed by atoms with E-state index in [4.69, 9.17) is 4.74 Å². The number of ether oxygens (including phenoxy) is 1. The third-order valence-electron chi connectivity index (χ3n) is 3.47. The van der Waals surface area contributed by atoms with Gasteiger partial charge in [0.05, 0.1) is 6.54 Å². The maximum atomic E-state index is 12.4. The lowest BCUT2D eigenvalue weighted by Gasteiger charge is -2.35. The highest BCUT2D eigenvalue weighted by molar-refractivity contribution is 5.68. The Bertz CT molecular complexity index is 345. The van der Waals surface area contributed by atoms with E-state index >= 15 is 0 Å². The van der Waals surface area contributed by atoms with E-state index in [0.29, 0.717) is 25.7 Å². The van der Waals surface area contributed by atoms with E-state index in [0.717, 1.165) is 0 Å². The lowest BCUT2D eigenvalue weighted by Crippen LogP contribution is -2.46. The van der Waals surface area contributed by atoms with Gasteiger partial charge in [0.1, 0.15) is 5.60 Å². The molecule has 1 N–H and O–H groups in total. The number of rotatable bonds is 3. The molecule has 1 fully saturated rings. The predicted molar refractivity (Wildman–Crippen MR) is 74.1 cm³/mol. The fourth-order valence-corrected chi connectivity index (χ4v) is 2.55. The molecule has 0 unspecified atom stereocenters. The molecule has 21 heavy (non-hydrogen) atoms. The number of nitrogens with zero attached hydrogens (tertiary/aromatic N) is 1. The Morgan fingerprint density at radius 1 is 1.19 bits per heavy atom. The molecule has 0 aromatic carbocycles. The molecule has 1 saturated carbocycles. The van der Waals surface area contributed by atoms with Crippen LogP contribution in [0.1, 0.15) is 46.5 Å². The third-order valence-corrected chi connectivity index (χ3v) is 3.47. The number of alkyl carbamates (subject to hydrolysis) is 1. The van der Waals surface area contributed by atoms with E-state index in [1.54, 1.807) is 20.8 Å². The SMILES string of the molecule is CN(CC(F)(F)F)C1CCC(NC(=O)OC(C)(C)C)CC1. The molecule has 0 radical (unpaired) electrons. The second-order valence-electron chi connectivity index (χ2n) is 6.68. The molecule has 0 aromatic rings. The Kier molecular flexibility index (Phi) is 5.90. The van der Waals surface area contributed by atoms with Crippen LogP contribution < -0.4 is 5.32 Å². The first kappa shape index (κ1) is 18.1. The van der Waals surface area contributed by atoms with Crippen LogP contribution >= 0.6 is 0 Å². The molecule has 0 spiro atoms. The number of carbonyl (C=O) groups is 1. The summed E-state index contributed by atoms with van der Waals surface area (Å²) in [7, 11) is 1.50. The molecule has 0 saturated heterocycles. The van der Waals surface area contributed by atoms with Crippen molar-refractivity contribution in [3.05, 3.63) is 0 Å². The molecule has 1 rings (SSSR count). The normalized spacial score (nSPS) is 24.0. The van der Waals surface area contributed by atoms with Gasteiger partial charge in [-0.3, -0.25) is 4.90 Å². The second-order valence-corrected chi connectivity index (χ2v) is 6.68. The van der Waals surface area contributed by atoms with Crippen molar-refractivity contribution < 1.29 is 22.7 Å². The van der Waals surface area contributed by atoms with Crippen molar-refractivity contribution in [2.24, 2.45) is 0 Å². The van der Waals surface area contributed by atoms with E-state index in [2.05, 4.69) is 5.32 Å². The molecule has 124 valence electrons. The van der Waals surface area contributed by atoms with Gasteiger partial charge >= 0.3 is 12.3 Å². The van der Waals surface area contributed by atoms with Crippen LogP contribution in [0.2, 0.25) is 0 Å². The number of amides is 1. The fraction of sp³-hybridized carbons (Fsp3) is 0.929. The van der Waals surface area contributed by atoms with Crippen LogP contribution in [0.3, 0.4) is 0 Å². The van der Waals surface area contributed by atoms with Gasteiger partial charge in [0.15, 0.2) is 0 Å². The highest BCUT2D eigenvalue weighted by atomic mass is 19.4. The zero-order valence-electron chi connectivity index (χ0n) is 13.1.